The van der Waals surface area contributed by atoms with Gasteiger partial charge in [-0.05, 0) is 56.6 Å². The average Bonchev–Trinajstić information content (AvgIpc) is 2.30. The van der Waals surface area contributed by atoms with E-state index in [2.05, 4.69) is 41.2 Å². The minimum atomic E-state index is 0.779. The lowest BCUT2D eigenvalue weighted by molar-refractivity contribution is 0.306. The first-order valence-electron chi connectivity index (χ1n) is 6.33. The highest BCUT2D eigenvalue weighted by molar-refractivity contribution is 9.10. The van der Waals surface area contributed by atoms with E-state index in [4.69, 9.17) is 4.74 Å². The van der Waals surface area contributed by atoms with Crippen LogP contribution in [0.15, 0.2) is 22.7 Å². The van der Waals surface area contributed by atoms with Crippen molar-refractivity contribution >= 4 is 15.9 Å². The molecular weight excluding hydrogens is 278 g/mol. The summed E-state index contributed by atoms with van der Waals surface area (Å²) >= 11 is 3.45. The molecule has 0 aromatic heterocycles. The van der Waals surface area contributed by atoms with Gasteiger partial charge in [0.1, 0.15) is 5.75 Å². The van der Waals surface area contributed by atoms with Gasteiger partial charge in [0.25, 0.3) is 0 Å². The van der Waals surface area contributed by atoms with Gasteiger partial charge in [-0.15, -0.1) is 0 Å². The minimum absolute atomic E-state index is 0.779. The summed E-state index contributed by atoms with van der Waals surface area (Å²) in [6, 6.07) is 6.11. The molecule has 0 spiro atoms. The van der Waals surface area contributed by atoms with Crippen LogP contribution in [0.5, 0.6) is 5.75 Å². The zero-order valence-corrected chi connectivity index (χ0v) is 12.3. The van der Waals surface area contributed by atoms with Gasteiger partial charge in [-0.3, -0.25) is 0 Å². The van der Waals surface area contributed by atoms with Gasteiger partial charge in [0, 0.05) is 4.47 Å². The lowest BCUT2D eigenvalue weighted by atomic mass is 10.2. The van der Waals surface area contributed by atoms with Crippen LogP contribution in [0.25, 0.3) is 0 Å². The Labute approximate surface area is 113 Å². The van der Waals surface area contributed by atoms with E-state index >= 15 is 0 Å². The molecule has 1 aromatic rings. The largest absolute Gasteiger partial charge is 0.493 e. The molecule has 96 valence electrons. The first kappa shape index (κ1) is 14.5. The molecule has 1 N–H and O–H groups in total. The topological polar surface area (TPSA) is 21.3 Å². The Hall–Kier alpha value is -0.540. The summed E-state index contributed by atoms with van der Waals surface area (Å²) in [7, 11) is 0. The number of ether oxygens (including phenoxy) is 1. The van der Waals surface area contributed by atoms with Crippen LogP contribution >= 0.6 is 15.9 Å². The Bertz CT molecular complexity index is 328. The van der Waals surface area contributed by atoms with Gasteiger partial charge in [-0.2, -0.15) is 0 Å². The van der Waals surface area contributed by atoms with Crippen LogP contribution in [0, 0.1) is 6.92 Å². The minimum Gasteiger partial charge on any atom is -0.493 e. The zero-order valence-electron chi connectivity index (χ0n) is 10.8. The van der Waals surface area contributed by atoms with Crippen molar-refractivity contribution in [1.29, 1.82) is 0 Å². The third kappa shape index (κ3) is 6.08. The van der Waals surface area contributed by atoms with Crippen LogP contribution in [0.2, 0.25) is 0 Å². The van der Waals surface area contributed by atoms with Crippen molar-refractivity contribution < 1.29 is 4.74 Å². The Morgan fingerprint density at radius 1 is 1.24 bits per heavy atom. The second-order valence-electron chi connectivity index (χ2n) is 4.22. The van der Waals surface area contributed by atoms with Gasteiger partial charge in [0.05, 0.1) is 6.61 Å². The van der Waals surface area contributed by atoms with Crippen molar-refractivity contribution in [3.8, 4) is 5.75 Å². The van der Waals surface area contributed by atoms with Crippen LogP contribution in [-0.2, 0) is 0 Å². The van der Waals surface area contributed by atoms with Gasteiger partial charge in [0.2, 0.25) is 0 Å². The van der Waals surface area contributed by atoms with E-state index in [9.17, 15) is 0 Å². The van der Waals surface area contributed by atoms with Crippen molar-refractivity contribution in [3.63, 3.8) is 0 Å². The molecule has 0 saturated carbocycles. The smallest absolute Gasteiger partial charge is 0.122 e. The molecule has 3 heteroatoms. The van der Waals surface area contributed by atoms with Gasteiger partial charge in [-0.1, -0.05) is 29.3 Å². The highest BCUT2D eigenvalue weighted by atomic mass is 79.9. The molecule has 0 saturated heterocycles. The summed E-state index contributed by atoms with van der Waals surface area (Å²) < 4.78 is 6.84. The van der Waals surface area contributed by atoms with E-state index in [0.717, 1.165) is 36.3 Å². The Morgan fingerprint density at radius 2 is 2.00 bits per heavy atom. The number of halogens is 1. The number of nitrogens with one attached hydrogen (secondary N) is 1. The van der Waals surface area contributed by atoms with E-state index in [1.54, 1.807) is 0 Å². The second-order valence-corrected chi connectivity index (χ2v) is 5.13. The maximum atomic E-state index is 5.74. The summed E-state index contributed by atoms with van der Waals surface area (Å²) in [5, 5.41) is 3.41. The molecule has 0 aliphatic heterocycles. The summed E-state index contributed by atoms with van der Waals surface area (Å²) in [6.07, 6.45) is 3.56. The van der Waals surface area contributed by atoms with E-state index < -0.39 is 0 Å². The predicted octanol–water partition coefficient (Wildman–Crippen LogP) is 3.92. The number of hydrogen-bond acceptors (Lipinski definition) is 2. The number of unbranched alkanes of at least 4 members (excludes halogenated alkanes) is 1. The van der Waals surface area contributed by atoms with Crippen molar-refractivity contribution in [2.45, 2.75) is 33.1 Å². The van der Waals surface area contributed by atoms with Crippen LogP contribution in [-0.4, -0.2) is 19.7 Å². The molecule has 1 rings (SSSR count). The molecule has 0 amide bonds. The third-order valence-electron chi connectivity index (χ3n) is 2.60. The Kier molecular flexibility index (Phi) is 7.29. The molecule has 0 aliphatic rings. The first-order chi connectivity index (χ1) is 8.24. The molecule has 0 bridgehead atoms. The Balaban J connectivity index is 2.14. The SMILES string of the molecule is CCCCNCCCOc1ccc(Br)cc1C. The van der Waals surface area contributed by atoms with Crippen LogP contribution < -0.4 is 10.1 Å². The van der Waals surface area contributed by atoms with Gasteiger partial charge in [-0.25, -0.2) is 0 Å². The molecule has 17 heavy (non-hydrogen) atoms. The molecule has 0 heterocycles. The maximum Gasteiger partial charge on any atom is 0.122 e. The van der Waals surface area contributed by atoms with Gasteiger partial charge in [0.15, 0.2) is 0 Å². The fraction of sp³-hybridized carbons (Fsp3) is 0.571. The Morgan fingerprint density at radius 3 is 2.71 bits per heavy atom. The van der Waals surface area contributed by atoms with E-state index in [1.165, 1.54) is 18.4 Å². The van der Waals surface area contributed by atoms with Crippen molar-refractivity contribution in [2.75, 3.05) is 19.7 Å². The predicted molar refractivity (Wildman–Crippen MR) is 76.8 cm³/mol. The molecule has 0 radical (unpaired) electrons. The lowest BCUT2D eigenvalue weighted by Gasteiger charge is -2.09. The fourth-order valence-electron chi connectivity index (χ4n) is 1.58. The number of benzene rings is 1. The van der Waals surface area contributed by atoms with E-state index in [1.807, 2.05) is 12.1 Å². The molecule has 0 fully saturated rings. The average molecular weight is 300 g/mol. The maximum absolute atomic E-state index is 5.74. The van der Waals surface area contributed by atoms with Gasteiger partial charge < -0.3 is 10.1 Å². The highest BCUT2D eigenvalue weighted by Crippen LogP contribution is 2.22. The van der Waals surface area contributed by atoms with Crippen molar-refractivity contribution in [3.05, 3.63) is 28.2 Å². The van der Waals surface area contributed by atoms with Crippen molar-refractivity contribution in [1.82, 2.24) is 5.32 Å². The van der Waals surface area contributed by atoms with Crippen LogP contribution in [0.4, 0.5) is 0 Å². The molecule has 0 unspecified atom stereocenters. The standard InChI is InChI=1S/C14H22BrNO/c1-3-4-8-16-9-5-10-17-14-7-6-13(15)11-12(14)2/h6-7,11,16H,3-5,8-10H2,1-2H3. The quantitative estimate of drug-likeness (QED) is 0.735. The second kappa shape index (κ2) is 8.54. The first-order valence-corrected chi connectivity index (χ1v) is 7.13. The van der Waals surface area contributed by atoms with Crippen LogP contribution in [0.1, 0.15) is 31.7 Å². The number of aryl methyl sites for hydroxylation is 1. The van der Waals surface area contributed by atoms with Gasteiger partial charge >= 0.3 is 0 Å². The summed E-state index contributed by atoms with van der Waals surface area (Å²) in [6.45, 7) is 7.21. The summed E-state index contributed by atoms with van der Waals surface area (Å²) in [5.41, 5.74) is 1.18. The lowest BCUT2D eigenvalue weighted by Crippen LogP contribution is -2.18. The van der Waals surface area contributed by atoms with Crippen molar-refractivity contribution in [2.24, 2.45) is 0 Å². The monoisotopic (exact) mass is 299 g/mol. The normalized spacial score (nSPS) is 10.5. The fourth-order valence-corrected chi connectivity index (χ4v) is 2.06. The number of rotatable bonds is 8. The summed E-state index contributed by atoms with van der Waals surface area (Å²) in [5.74, 6) is 0.988. The van der Waals surface area contributed by atoms with Crippen LogP contribution in [0.3, 0.4) is 0 Å². The van der Waals surface area contributed by atoms with E-state index in [0.29, 0.717) is 0 Å². The molecule has 0 atom stereocenters. The highest BCUT2D eigenvalue weighted by Gasteiger charge is 1.99. The molecule has 1 aromatic carbocycles. The third-order valence-corrected chi connectivity index (χ3v) is 3.09. The molecular formula is C14H22BrNO. The number of hydrogen-bond donors (Lipinski definition) is 1. The molecule has 0 aliphatic carbocycles. The zero-order chi connectivity index (χ0) is 12.5. The summed E-state index contributed by atoms with van der Waals surface area (Å²) in [4.78, 5) is 0. The molecule has 2 nitrogen and oxygen atoms in total. The van der Waals surface area contributed by atoms with E-state index in [-0.39, 0.29) is 0 Å².